The monoisotopic (exact) mass is 677 g/mol. The minimum absolute atomic E-state index is 0.802. The zero-order chi connectivity index (χ0) is 35.1. The number of hydrogen-bond donors (Lipinski definition) is 0. The van der Waals surface area contributed by atoms with Gasteiger partial charge in [0.2, 0.25) is 0 Å². The summed E-state index contributed by atoms with van der Waals surface area (Å²) in [4.78, 5) is 19.5. The largest absolute Gasteiger partial charge is 0.307 e. The minimum atomic E-state index is 0.802. The molecule has 0 N–H and O–H groups in total. The van der Waals surface area contributed by atoms with E-state index in [2.05, 4.69) is 154 Å². The highest BCUT2D eigenvalue weighted by atomic mass is 15.0. The van der Waals surface area contributed by atoms with Crippen LogP contribution in [0.4, 0.5) is 0 Å². The molecule has 0 bridgehead atoms. The predicted octanol–water partition coefficient (Wildman–Crippen LogP) is 11.9. The highest BCUT2D eigenvalue weighted by Crippen LogP contribution is 2.41. The zero-order valence-electron chi connectivity index (χ0n) is 28.6. The fourth-order valence-corrected chi connectivity index (χ4v) is 7.40. The van der Waals surface area contributed by atoms with Crippen molar-refractivity contribution < 1.29 is 0 Å². The van der Waals surface area contributed by atoms with Crippen molar-refractivity contribution in [2.45, 2.75) is 0 Å². The maximum atomic E-state index is 5.36. The van der Waals surface area contributed by atoms with E-state index in [0.717, 1.165) is 72.8 Å². The molecule has 53 heavy (non-hydrogen) atoms. The summed E-state index contributed by atoms with van der Waals surface area (Å²) < 4.78 is 2.37. The van der Waals surface area contributed by atoms with E-state index < -0.39 is 0 Å². The number of benzene rings is 5. The van der Waals surface area contributed by atoms with Gasteiger partial charge in [-0.15, -0.1) is 0 Å². The number of fused-ring (bicyclic) bond motifs is 5. The van der Waals surface area contributed by atoms with Crippen molar-refractivity contribution in [2.24, 2.45) is 0 Å². The fourth-order valence-electron chi connectivity index (χ4n) is 7.40. The van der Waals surface area contributed by atoms with Crippen LogP contribution in [-0.4, -0.2) is 24.5 Å². The Morgan fingerprint density at radius 1 is 0.377 bits per heavy atom. The van der Waals surface area contributed by atoms with Crippen LogP contribution in [0.2, 0.25) is 0 Å². The lowest BCUT2D eigenvalue weighted by Crippen LogP contribution is -1.98. The summed E-state index contributed by atoms with van der Waals surface area (Å²) in [5.41, 5.74) is 14.0. The van der Waals surface area contributed by atoms with Gasteiger partial charge in [0.05, 0.1) is 45.0 Å². The Kier molecular flexibility index (Phi) is 7.40. The van der Waals surface area contributed by atoms with Crippen LogP contribution in [0.25, 0.3) is 94.7 Å². The average Bonchev–Trinajstić information content (AvgIpc) is 3.60. The van der Waals surface area contributed by atoms with Crippen LogP contribution >= 0.6 is 0 Å². The first-order valence-electron chi connectivity index (χ1n) is 17.7. The first-order valence-corrected chi connectivity index (χ1v) is 17.7. The minimum Gasteiger partial charge on any atom is -0.307 e. The molecule has 0 radical (unpaired) electrons. The van der Waals surface area contributed by atoms with Crippen molar-refractivity contribution >= 4 is 32.7 Å². The third-order valence-electron chi connectivity index (χ3n) is 9.91. The zero-order valence-corrected chi connectivity index (χ0v) is 28.6. The van der Waals surface area contributed by atoms with Gasteiger partial charge in [0.1, 0.15) is 0 Å². The third-order valence-corrected chi connectivity index (χ3v) is 9.91. The number of para-hydroxylation sites is 2. The van der Waals surface area contributed by atoms with Gasteiger partial charge in [-0.25, -0.2) is 9.97 Å². The van der Waals surface area contributed by atoms with Crippen molar-refractivity contribution in [1.29, 1.82) is 0 Å². The summed E-state index contributed by atoms with van der Waals surface area (Å²) in [5.74, 6) is 0. The highest BCUT2D eigenvalue weighted by Gasteiger charge is 2.21. The number of nitrogens with zero attached hydrogens (tertiary/aromatic N) is 5. The number of aromatic nitrogens is 5. The molecule has 0 saturated carbocycles. The quantitative estimate of drug-likeness (QED) is 0.176. The Hall–Kier alpha value is -7.24. The van der Waals surface area contributed by atoms with Crippen LogP contribution in [-0.2, 0) is 0 Å². The summed E-state index contributed by atoms with van der Waals surface area (Å²) in [6.45, 7) is 0. The van der Waals surface area contributed by atoms with Crippen molar-refractivity contribution in [2.75, 3.05) is 0 Å². The molecule has 10 aromatic rings. The molecule has 5 heteroatoms. The molecule has 5 heterocycles. The van der Waals surface area contributed by atoms with Crippen LogP contribution in [0.5, 0.6) is 0 Å². The summed E-state index contributed by atoms with van der Waals surface area (Å²) in [6, 6.07) is 61.3. The molecule has 5 aromatic carbocycles. The first-order chi connectivity index (χ1) is 26.3. The predicted molar refractivity (Wildman–Crippen MR) is 217 cm³/mol. The van der Waals surface area contributed by atoms with Crippen molar-refractivity contribution in [3.8, 4) is 62.0 Å². The van der Waals surface area contributed by atoms with Gasteiger partial charge in [-0.1, -0.05) is 115 Å². The molecule has 0 unspecified atom stereocenters. The molecule has 0 amide bonds. The Balaban J connectivity index is 1.16. The van der Waals surface area contributed by atoms with E-state index in [9.17, 15) is 0 Å². The summed E-state index contributed by atoms with van der Waals surface area (Å²) in [6.07, 6.45) is 3.60. The molecule has 0 atom stereocenters. The van der Waals surface area contributed by atoms with Crippen molar-refractivity contribution in [3.63, 3.8) is 0 Å². The normalized spacial score (nSPS) is 11.4. The van der Waals surface area contributed by atoms with Crippen LogP contribution in [0.1, 0.15) is 0 Å². The van der Waals surface area contributed by atoms with E-state index in [1.165, 1.54) is 21.9 Å². The van der Waals surface area contributed by atoms with Crippen LogP contribution < -0.4 is 0 Å². The molecule has 5 aromatic heterocycles. The van der Waals surface area contributed by atoms with Gasteiger partial charge >= 0.3 is 0 Å². The van der Waals surface area contributed by atoms with Crippen molar-refractivity contribution in [3.05, 3.63) is 188 Å². The molecule has 0 spiro atoms. The third kappa shape index (κ3) is 5.43. The molecular formula is C48H31N5. The number of hydrogen-bond acceptors (Lipinski definition) is 4. The van der Waals surface area contributed by atoms with Crippen LogP contribution in [0.3, 0.4) is 0 Å². The van der Waals surface area contributed by atoms with E-state index in [-0.39, 0.29) is 0 Å². The second-order valence-electron chi connectivity index (χ2n) is 13.1. The molecule has 248 valence electrons. The van der Waals surface area contributed by atoms with Crippen LogP contribution in [0, 0.1) is 0 Å². The van der Waals surface area contributed by atoms with Gasteiger partial charge in [0.15, 0.2) is 0 Å². The standard InChI is InChI=1S/C48H31N5/c1-2-12-32(13-3-1)33-20-22-35(23-21-33)47-48-46(38-14-4-6-16-40(38)52-47)39-15-5-7-19-45(39)53(48)37-26-24-34(25-27-37)36-30-43(41-17-8-10-28-49-41)51-44(31-36)42-18-9-11-29-50-42/h1-31H. The topological polar surface area (TPSA) is 56.5 Å². The molecular weight excluding hydrogens is 647 g/mol. The molecule has 5 nitrogen and oxygen atoms in total. The maximum Gasteiger partial charge on any atom is 0.0956 e. The Labute approximate surface area is 306 Å². The molecule has 0 aliphatic rings. The summed E-state index contributed by atoms with van der Waals surface area (Å²) in [7, 11) is 0. The molecule has 10 rings (SSSR count). The Morgan fingerprint density at radius 2 is 0.925 bits per heavy atom. The Bertz CT molecular complexity index is 2840. The van der Waals surface area contributed by atoms with E-state index in [4.69, 9.17) is 9.97 Å². The molecule has 0 aliphatic heterocycles. The summed E-state index contributed by atoms with van der Waals surface area (Å²) in [5, 5.41) is 3.53. The van der Waals surface area contributed by atoms with E-state index >= 15 is 0 Å². The molecule has 0 fully saturated rings. The molecule has 0 aliphatic carbocycles. The Morgan fingerprint density at radius 3 is 1.60 bits per heavy atom. The van der Waals surface area contributed by atoms with Gasteiger partial charge in [0, 0.05) is 39.8 Å². The summed E-state index contributed by atoms with van der Waals surface area (Å²) >= 11 is 0. The van der Waals surface area contributed by atoms with Gasteiger partial charge in [-0.2, -0.15) is 0 Å². The SMILES string of the molecule is c1ccc(-c2ccc(-c3nc4ccccc4c4c5ccccc5n(-c5ccc(-c6cc(-c7ccccn7)nc(-c7ccccn7)c6)cc5)c34)cc2)cc1. The van der Waals surface area contributed by atoms with E-state index in [1.807, 2.05) is 36.4 Å². The number of pyridine rings is 4. The lowest BCUT2D eigenvalue weighted by molar-refractivity contribution is 1.17. The lowest BCUT2D eigenvalue weighted by Gasteiger charge is -2.14. The second kappa shape index (κ2) is 12.8. The second-order valence-corrected chi connectivity index (χ2v) is 13.1. The smallest absolute Gasteiger partial charge is 0.0956 e. The van der Waals surface area contributed by atoms with Gasteiger partial charge in [-0.05, 0) is 82.9 Å². The fraction of sp³-hybridized carbons (Fsp3) is 0. The number of rotatable bonds is 6. The highest BCUT2D eigenvalue weighted by molar-refractivity contribution is 6.23. The van der Waals surface area contributed by atoms with Gasteiger partial charge < -0.3 is 4.57 Å². The van der Waals surface area contributed by atoms with E-state index in [0.29, 0.717) is 0 Å². The first kappa shape index (κ1) is 30.6. The van der Waals surface area contributed by atoms with Gasteiger partial charge in [0.25, 0.3) is 0 Å². The van der Waals surface area contributed by atoms with Crippen molar-refractivity contribution in [1.82, 2.24) is 24.5 Å². The molecule has 0 saturated heterocycles. The average molecular weight is 678 g/mol. The van der Waals surface area contributed by atoms with Gasteiger partial charge in [-0.3, -0.25) is 9.97 Å². The maximum absolute atomic E-state index is 5.36. The lowest BCUT2D eigenvalue weighted by atomic mass is 10.00. The van der Waals surface area contributed by atoms with E-state index in [1.54, 1.807) is 12.4 Å². The van der Waals surface area contributed by atoms with Crippen LogP contribution in [0.15, 0.2) is 188 Å².